The molecular formula is C27H37ClN6O3. The van der Waals surface area contributed by atoms with Crippen LogP contribution in [-0.2, 0) is 17.7 Å². The van der Waals surface area contributed by atoms with E-state index in [-0.39, 0.29) is 6.03 Å². The molecule has 0 spiro atoms. The summed E-state index contributed by atoms with van der Waals surface area (Å²) in [6.45, 7) is 11.4. The number of amides is 3. The number of piperazine rings is 1. The summed E-state index contributed by atoms with van der Waals surface area (Å²) in [6, 6.07) is 7.41. The van der Waals surface area contributed by atoms with Crippen molar-refractivity contribution in [3.05, 3.63) is 52.4 Å². The number of rotatable bonds is 6. The lowest BCUT2D eigenvalue weighted by Gasteiger charge is -2.38. The molecule has 0 saturated carbocycles. The normalized spacial score (nSPS) is 17.4. The Morgan fingerprint density at radius 2 is 1.84 bits per heavy atom. The van der Waals surface area contributed by atoms with Gasteiger partial charge in [0.2, 0.25) is 0 Å². The minimum atomic E-state index is -0.579. The molecule has 3 amide bonds. The van der Waals surface area contributed by atoms with Crippen LogP contribution in [0.5, 0.6) is 0 Å². The summed E-state index contributed by atoms with van der Waals surface area (Å²) in [5.41, 5.74) is 2.81. The number of carbonyl (C=O) groups excluding carboxylic acids is 2. The van der Waals surface area contributed by atoms with E-state index in [0.717, 1.165) is 29.9 Å². The molecule has 1 aromatic carbocycles. The van der Waals surface area contributed by atoms with Crippen molar-refractivity contribution in [2.75, 3.05) is 44.2 Å². The van der Waals surface area contributed by atoms with Crippen molar-refractivity contribution in [1.29, 1.82) is 0 Å². The smallest absolute Gasteiger partial charge is 0.407 e. The Bertz CT molecular complexity index is 1100. The van der Waals surface area contributed by atoms with Crippen LogP contribution in [0, 0.1) is 0 Å². The van der Waals surface area contributed by atoms with Crippen LogP contribution >= 0.6 is 11.6 Å². The maximum atomic E-state index is 13.6. The summed E-state index contributed by atoms with van der Waals surface area (Å²) in [7, 11) is 0. The van der Waals surface area contributed by atoms with Crippen molar-refractivity contribution in [3.63, 3.8) is 0 Å². The molecule has 0 radical (unpaired) electrons. The van der Waals surface area contributed by atoms with Gasteiger partial charge in [-0.25, -0.2) is 19.6 Å². The molecule has 1 aromatic heterocycles. The highest BCUT2D eigenvalue weighted by Gasteiger charge is 2.30. The number of alkyl carbamates (subject to hydrolysis) is 1. The third-order valence-electron chi connectivity index (χ3n) is 6.71. The lowest BCUT2D eigenvalue weighted by Crippen LogP contribution is -2.54. The second-order valence-corrected chi connectivity index (χ2v) is 11.2. The number of nitrogens with zero attached hydrogens (tertiary/aromatic N) is 5. The minimum absolute atomic E-state index is 0.0538. The molecule has 2 aromatic rings. The van der Waals surface area contributed by atoms with Gasteiger partial charge >= 0.3 is 12.1 Å². The Kier molecular flexibility index (Phi) is 8.42. The Morgan fingerprint density at radius 1 is 1.14 bits per heavy atom. The van der Waals surface area contributed by atoms with Gasteiger partial charge in [-0.2, -0.15) is 0 Å². The summed E-state index contributed by atoms with van der Waals surface area (Å²) >= 11 is 6.05. The number of nitrogens with one attached hydrogen (secondary N) is 1. The number of benzene rings is 1. The molecule has 1 saturated heterocycles. The van der Waals surface area contributed by atoms with Gasteiger partial charge in [-0.1, -0.05) is 30.7 Å². The average Bonchev–Trinajstić information content (AvgIpc) is 3.24. The number of halogens is 1. The van der Waals surface area contributed by atoms with Gasteiger partial charge in [0.1, 0.15) is 17.7 Å². The molecule has 0 bridgehead atoms. The van der Waals surface area contributed by atoms with Crippen molar-refractivity contribution in [1.82, 2.24) is 25.1 Å². The van der Waals surface area contributed by atoms with E-state index in [0.29, 0.717) is 56.8 Å². The number of anilines is 1. The molecule has 1 atom stereocenters. The number of hydrogen-bond acceptors (Lipinski definition) is 6. The fourth-order valence-corrected chi connectivity index (χ4v) is 4.97. The molecule has 200 valence electrons. The van der Waals surface area contributed by atoms with Crippen LogP contribution in [0.4, 0.5) is 15.4 Å². The van der Waals surface area contributed by atoms with Crippen molar-refractivity contribution in [2.24, 2.45) is 0 Å². The van der Waals surface area contributed by atoms with Gasteiger partial charge < -0.3 is 24.8 Å². The number of aromatic nitrogens is 2. The van der Waals surface area contributed by atoms with E-state index in [9.17, 15) is 9.59 Å². The molecule has 9 nitrogen and oxygen atoms in total. The highest BCUT2D eigenvalue weighted by molar-refractivity contribution is 6.30. The van der Waals surface area contributed by atoms with Crippen LogP contribution in [0.3, 0.4) is 0 Å². The molecule has 1 aliphatic carbocycles. The molecule has 1 unspecified atom stereocenters. The highest BCUT2D eigenvalue weighted by Crippen LogP contribution is 2.37. The largest absolute Gasteiger partial charge is 0.444 e. The number of hydrogen-bond donors (Lipinski definition) is 1. The number of aryl methyl sites for hydroxylation is 1. The van der Waals surface area contributed by atoms with Crippen molar-refractivity contribution in [2.45, 2.75) is 58.6 Å². The van der Waals surface area contributed by atoms with Gasteiger partial charge in [0.25, 0.3) is 0 Å². The van der Waals surface area contributed by atoms with E-state index in [1.165, 1.54) is 5.56 Å². The first kappa shape index (κ1) is 27.0. The molecular weight excluding hydrogens is 492 g/mol. The van der Waals surface area contributed by atoms with Crippen LogP contribution in [0.2, 0.25) is 5.02 Å². The maximum Gasteiger partial charge on any atom is 0.407 e. The predicted molar refractivity (Wildman–Crippen MR) is 144 cm³/mol. The van der Waals surface area contributed by atoms with Crippen LogP contribution in [0.1, 0.15) is 56.9 Å². The molecule has 1 fully saturated rings. The van der Waals surface area contributed by atoms with E-state index < -0.39 is 11.7 Å². The lowest BCUT2D eigenvalue weighted by atomic mass is 10.1. The standard InChI is InChI=1S/C27H37ClN6O3/c1-19-5-10-22-23(19)24(31-18-30-22)32-13-15-33(16-14-32)26(36)34(17-20-6-8-21(28)9-7-20)12-11-29-25(35)37-27(2,3)4/h6-9,18-19H,5,10-17H2,1-4H3,(H,29,35). The zero-order chi connectivity index (χ0) is 26.6. The summed E-state index contributed by atoms with van der Waals surface area (Å²) in [5.74, 6) is 1.47. The van der Waals surface area contributed by atoms with Crippen LogP contribution in [-0.4, -0.2) is 76.8 Å². The zero-order valence-electron chi connectivity index (χ0n) is 22.2. The Balaban J connectivity index is 1.39. The Labute approximate surface area is 224 Å². The van der Waals surface area contributed by atoms with Gasteiger partial charge in [0.15, 0.2) is 0 Å². The summed E-state index contributed by atoms with van der Waals surface area (Å²) in [4.78, 5) is 40.7. The van der Waals surface area contributed by atoms with Crippen LogP contribution < -0.4 is 10.2 Å². The van der Waals surface area contributed by atoms with Crippen molar-refractivity contribution in [3.8, 4) is 0 Å². The second kappa shape index (κ2) is 11.5. The SMILES string of the molecule is CC1CCc2ncnc(N3CCN(C(=O)N(CCNC(=O)OC(C)(C)C)Cc4ccc(Cl)cc4)CC3)c21. The van der Waals surface area contributed by atoms with E-state index in [1.54, 1.807) is 11.2 Å². The van der Waals surface area contributed by atoms with Gasteiger partial charge in [0.05, 0.1) is 0 Å². The monoisotopic (exact) mass is 528 g/mol. The van der Waals surface area contributed by atoms with E-state index in [4.69, 9.17) is 16.3 Å². The molecule has 2 heterocycles. The number of ether oxygens (including phenoxy) is 1. The average molecular weight is 529 g/mol. The highest BCUT2D eigenvalue weighted by atomic mass is 35.5. The zero-order valence-corrected chi connectivity index (χ0v) is 22.9. The summed E-state index contributed by atoms with van der Waals surface area (Å²) < 4.78 is 5.33. The van der Waals surface area contributed by atoms with Gasteiger partial charge in [-0.15, -0.1) is 0 Å². The number of carbonyl (C=O) groups is 2. The van der Waals surface area contributed by atoms with E-state index >= 15 is 0 Å². The van der Waals surface area contributed by atoms with Crippen LogP contribution in [0.25, 0.3) is 0 Å². The maximum absolute atomic E-state index is 13.6. The first-order chi connectivity index (χ1) is 17.6. The van der Waals surface area contributed by atoms with E-state index in [2.05, 4.69) is 27.1 Å². The molecule has 1 aliphatic heterocycles. The molecule has 37 heavy (non-hydrogen) atoms. The quantitative estimate of drug-likeness (QED) is 0.595. The number of urea groups is 1. The fraction of sp³-hybridized carbons (Fsp3) is 0.556. The minimum Gasteiger partial charge on any atom is -0.444 e. The van der Waals surface area contributed by atoms with E-state index in [1.807, 2.05) is 49.9 Å². The fourth-order valence-electron chi connectivity index (χ4n) is 4.84. The molecule has 4 rings (SSSR count). The van der Waals surface area contributed by atoms with Crippen LogP contribution in [0.15, 0.2) is 30.6 Å². The Morgan fingerprint density at radius 3 is 2.51 bits per heavy atom. The van der Waals surface area contributed by atoms with Gasteiger partial charge in [-0.3, -0.25) is 0 Å². The van der Waals surface area contributed by atoms with Gasteiger partial charge in [-0.05, 0) is 57.2 Å². The van der Waals surface area contributed by atoms with Gasteiger partial charge in [0, 0.05) is 62.1 Å². The van der Waals surface area contributed by atoms with Crippen molar-refractivity contribution >= 4 is 29.5 Å². The summed E-state index contributed by atoms with van der Waals surface area (Å²) in [5, 5.41) is 3.41. The van der Waals surface area contributed by atoms with Crippen molar-refractivity contribution < 1.29 is 14.3 Å². The topological polar surface area (TPSA) is 90.9 Å². The second-order valence-electron chi connectivity index (χ2n) is 10.7. The molecule has 10 heteroatoms. The predicted octanol–water partition coefficient (Wildman–Crippen LogP) is 4.45. The molecule has 1 N–H and O–H groups in total. The summed E-state index contributed by atoms with van der Waals surface area (Å²) in [6.07, 6.45) is 3.28. The molecule has 2 aliphatic rings. The third-order valence-corrected chi connectivity index (χ3v) is 6.96. The third kappa shape index (κ3) is 7.03. The first-order valence-corrected chi connectivity index (χ1v) is 13.3. The first-order valence-electron chi connectivity index (χ1n) is 12.9. The lowest BCUT2D eigenvalue weighted by molar-refractivity contribution is 0.0521. The Hall–Kier alpha value is -3.07. The number of fused-ring (bicyclic) bond motifs is 1.